The number of benzene rings is 1. The fraction of sp³-hybridized carbons (Fsp3) is 0.200. The van der Waals surface area contributed by atoms with E-state index in [1.165, 1.54) is 7.11 Å². The third-order valence-electron chi connectivity index (χ3n) is 1.81. The first-order valence-electron chi connectivity index (χ1n) is 4.00. The molecule has 1 rings (SSSR count). The van der Waals surface area contributed by atoms with Crippen LogP contribution in [0.2, 0.25) is 0 Å². The summed E-state index contributed by atoms with van der Waals surface area (Å²) in [6.07, 6.45) is 0. The van der Waals surface area contributed by atoms with Crippen LogP contribution >= 0.6 is 0 Å². The summed E-state index contributed by atoms with van der Waals surface area (Å²) in [6.45, 7) is 0. The topological polar surface area (TPSA) is 59.3 Å². The molecule has 0 saturated carbocycles. The minimum Gasteiger partial charge on any atom is -0.495 e. The maximum absolute atomic E-state index is 13.3. The van der Waals surface area contributed by atoms with Crippen LogP contribution < -0.4 is 4.74 Å². The molecule has 0 saturated heterocycles. The molecule has 0 N–H and O–H groups in total. The Morgan fingerprint density at radius 3 is 2.60 bits per heavy atom. The number of nitriles is 1. The van der Waals surface area contributed by atoms with Crippen molar-refractivity contribution >= 4 is 5.97 Å². The summed E-state index contributed by atoms with van der Waals surface area (Å²) < 4.78 is 22.4. The zero-order chi connectivity index (χ0) is 11.4. The van der Waals surface area contributed by atoms with Crippen molar-refractivity contribution in [1.29, 1.82) is 5.26 Å². The Balaban J connectivity index is 3.33. The molecule has 1 aromatic rings. The molecule has 0 aliphatic heterocycles. The second-order valence-electron chi connectivity index (χ2n) is 2.64. The van der Waals surface area contributed by atoms with Gasteiger partial charge in [-0.2, -0.15) is 5.26 Å². The number of rotatable bonds is 2. The number of hydrogen-bond donors (Lipinski definition) is 0. The predicted octanol–water partition coefficient (Wildman–Crippen LogP) is 1.49. The smallest absolute Gasteiger partial charge is 0.340 e. The Hall–Kier alpha value is -2.09. The van der Waals surface area contributed by atoms with Crippen LogP contribution in [-0.4, -0.2) is 20.2 Å². The average Bonchev–Trinajstić information content (AvgIpc) is 2.27. The van der Waals surface area contributed by atoms with Crippen molar-refractivity contribution in [2.45, 2.75) is 0 Å². The molecule has 0 radical (unpaired) electrons. The van der Waals surface area contributed by atoms with Crippen LogP contribution in [0.4, 0.5) is 4.39 Å². The standard InChI is InChI=1S/C10H8FNO3/c1-14-9-4-8(11)7(10(13)15-2)3-6(9)5-12/h3-4H,1-2H3. The lowest BCUT2D eigenvalue weighted by molar-refractivity contribution is 0.0595. The summed E-state index contributed by atoms with van der Waals surface area (Å²) in [5, 5.41) is 8.71. The fourth-order valence-corrected chi connectivity index (χ4v) is 1.08. The molecule has 0 heterocycles. The number of methoxy groups -OCH3 is 2. The average molecular weight is 209 g/mol. The van der Waals surface area contributed by atoms with Crippen molar-refractivity contribution in [2.75, 3.05) is 14.2 Å². The van der Waals surface area contributed by atoms with Crippen molar-refractivity contribution in [3.05, 3.63) is 29.1 Å². The van der Waals surface area contributed by atoms with Gasteiger partial charge in [-0.1, -0.05) is 0 Å². The second kappa shape index (κ2) is 4.42. The van der Waals surface area contributed by atoms with Crippen molar-refractivity contribution in [1.82, 2.24) is 0 Å². The highest BCUT2D eigenvalue weighted by Crippen LogP contribution is 2.22. The molecule has 78 valence electrons. The summed E-state index contributed by atoms with van der Waals surface area (Å²) in [5.74, 6) is -1.52. The molecule has 0 aromatic heterocycles. The molecule has 0 amide bonds. The molecule has 1 aromatic carbocycles. The SMILES string of the molecule is COC(=O)c1cc(C#N)c(OC)cc1F. The van der Waals surface area contributed by atoms with Gasteiger partial charge < -0.3 is 9.47 Å². The highest BCUT2D eigenvalue weighted by molar-refractivity contribution is 5.90. The number of hydrogen-bond acceptors (Lipinski definition) is 4. The van der Waals surface area contributed by atoms with Crippen LogP contribution in [0.3, 0.4) is 0 Å². The molecule has 5 heteroatoms. The maximum atomic E-state index is 13.3. The van der Waals surface area contributed by atoms with Gasteiger partial charge in [0.2, 0.25) is 0 Å². The van der Waals surface area contributed by atoms with Gasteiger partial charge in [0.1, 0.15) is 17.6 Å². The highest BCUT2D eigenvalue weighted by Gasteiger charge is 2.16. The van der Waals surface area contributed by atoms with Gasteiger partial charge >= 0.3 is 5.97 Å². The van der Waals surface area contributed by atoms with E-state index in [4.69, 9.17) is 10.00 Å². The minimum atomic E-state index is -0.827. The van der Waals surface area contributed by atoms with E-state index >= 15 is 0 Å². The van der Waals surface area contributed by atoms with Gasteiger partial charge in [0.25, 0.3) is 0 Å². The number of esters is 1. The first-order chi connectivity index (χ1) is 7.13. The first kappa shape index (κ1) is 11.0. The number of halogens is 1. The number of nitrogens with zero attached hydrogens (tertiary/aromatic N) is 1. The van der Waals surface area contributed by atoms with Gasteiger partial charge in [-0.3, -0.25) is 0 Å². The van der Waals surface area contributed by atoms with Crippen LogP contribution in [0, 0.1) is 17.1 Å². The van der Waals surface area contributed by atoms with Crippen molar-refractivity contribution in [3.8, 4) is 11.8 Å². The van der Waals surface area contributed by atoms with E-state index in [1.54, 1.807) is 6.07 Å². The number of ether oxygens (including phenoxy) is 2. The fourth-order valence-electron chi connectivity index (χ4n) is 1.08. The van der Waals surface area contributed by atoms with Gasteiger partial charge in [-0.05, 0) is 6.07 Å². The van der Waals surface area contributed by atoms with Crippen molar-refractivity contribution in [3.63, 3.8) is 0 Å². The van der Waals surface area contributed by atoms with Gasteiger partial charge in [0.15, 0.2) is 0 Å². The van der Waals surface area contributed by atoms with Crippen LogP contribution in [0.5, 0.6) is 5.75 Å². The third kappa shape index (κ3) is 2.05. The van der Waals surface area contributed by atoms with E-state index in [2.05, 4.69) is 4.74 Å². The summed E-state index contributed by atoms with van der Waals surface area (Å²) in [5.41, 5.74) is -0.200. The summed E-state index contributed by atoms with van der Waals surface area (Å²) in [6, 6.07) is 3.87. The van der Waals surface area contributed by atoms with E-state index in [9.17, 15) is 9.18 Å². The highest BCUT2D eigenvalue weighted by atomic mass is 19.1. The van der Waals surface area contributed by atoms with Crippen molar-refractivity contribution < 1.29 is 18.7 Å². The van der Waals surface area contributed by atoms with E-state index in [0.717, 1.165) is 19.2 Å². The lowest BCUT2D eigenvalue weighted by atomic mass is 10.1. The molecule has 0 atom stereocenters. The van der Waals surface area contributed by atoms with Gasteiger partial charge in [-0.15, -0.1) is 0 Å². The molecule has 15 heavy (non-hydrogen) atoms. The van der Waals surface area contributed by atoms with Crippen LogP contribution in [0.25, 0.3) is 0 Å². The zero-order valence-corrected chi connectivity index (χ0v) is 8.20. The monoisotopic (exact) mass is 209 g/mol. The van der Waals surface area contributed by atoms with Gasteiger partial charge in [-0.25, -0.2) is 9.18 Å². The number of carbonyl (C=O) groups excluding carboxylic acids is 1. The lowest BCUT2D eigenvalue weighted by Crippen LogP contribution is -2.05. The molecule has 0 aliphatic rings. The minimum absolute atomic E-state index is 0.0827. The predicted molar refractivity (Wildman–Crippen MR) is 49.0 cm³/mol. The lowest BCUT2D eigenvalue weighted by Gasteiger charge is -2.05. The Labute approximate surface area is 85.8 Å². The Kier molecular flexibility index (Phi) is 3.24. The van der Waals surface area contributed by atoms with Gasteiger partial charge in [0, 0.05) is 6.07 Å². The van der Waals surface area contributed by atoms with Crippen LogP contribution in [-0.2, 0) is 4.74 Å². The summed E-state index contributed by atoms with van der Waals surface area (Å²) in [7, 11) is 2.45. The molecular weight excluding hydrogens is 201 g/mol. The molecule has 0 spiro atoms. The Morgan fingerprint density at radius 1 is 1.47 bits per heavy atom. The Bertz CT molecular complexity index is 437. The normalized spacial score (nSPS) is 9.20. The summed E-state index contributed by atoms with van der Waals surface area (Å²) >= 11 is 0. The van der Waals surface area contributed by atoms with Gasteiger partial charge in [0.05, 0.1) is 25.3 Å². The Morgan fingerprint density at radius 2 is 2.13 bits per heavy atom. The molecule has 4 nitrogen and oxygen atoms in total. The molecular formula is C10H8FNO3. The first-order valence-corrected chi connectivity index (χ1v) is 4.00. The van der Waals surface area contributed by atoms with E-state index in [0.29, 0.717) is 0 Å². The quantitative estimate of drug-likeness (QED) is 0.692. The molecule has 0 fully saturated rings. The second-order valence-corrected chi connectivity index (χ2v) is 2.64. The molecule has 0 aliphatic carbocycles. The van der Waals surface area contributed by atoms with E-state index in [-0.39, 0.29) is 16.9 Å². The molecule has 0 unspecified atom stereocenters. The zero-order valence-electron chi connectivity index (χ0n) is 8.20. The van der Waals surface area contributed by atoms with E-state index in [1.807, 2.05) is 0 Å². The van der Waals surface area contributed by atoms with Crippen molar-refractivity contribution in [2.24, 2.45) is 0 Å². The third-order valence-corrected chi connectivity index (χ3v) is 1.81. The largest absolute Gasteiger partial charge is 0.495 e. The maximum Gasteiger partial charge on any atom is 0.340 e. The summed E-state index contributed by atoms with van der Waals surface area (Å²) in [4.78, 5) is 11.1. The molecule has 0 bridgehead atoms. The van der Waals surface area contributed by atoms with Crippen LogP contribution in [0.1, 0.15) is 15.9 Å². The van der Waals surface area contributed by atoms with E-state index < -0.39 is 11.8 Å². The number of carbonyl (C=O) groups is 1. The van der Waals surface area contributed by atoms with Crippen LogP contribution in [0.15, 0.2) is 12.1 Å².